The standard InChI is InChI=1S/C26H31N7O2/c1-5-35-24-12-19(14-30-23(24)13-27)16-32-8-6-21-20(17-31(3)4)10-18(11-22(21)25(32)34)15-33-9-7-29-26(33)28-2/h7,9-12,14H,5-6,8,15-17H2,1-4H3,(H,28,29). The van der Waals surface area contributed by atoms with Gasteiger partial charge >= 0.3 is 0 Å². The number of carbonyl (C=O) groups excluding carboxylic acids is 1. The first kappa shape index (κ1) is 24.2. The number of nitrogens with zero attached hydrogens (tertiary/aromatic N) is 6. The zero-order valence-corrected chi connectivity index (χ0v) is 20.7. The van der Waals surface area contributed by atoms with E-state index in [-0.39, 0.29) is 11.6 Å². The van der Waals surface area contributed by atoms with E-state index >= 15 is 0 Å². The summed E-state index contributed by atoms with van der Waals surface area (Å²) in [5.74, 6) is 1.24. The van der Waals surface area contributed by atoms with Crippen LogP contribution in [0.3, 0.4) is 0 Å². The molecule has 0 radical (unpaired) electrons. The van der Waals surface area contributed by atoms with Gasteiger partial charge in [-0.05, 0) is 61.8 Å². The summed E-state index contributed by atoms with van der Waals surface area (Å²) in [7, 11) is 5.93. The van der Waals surface area contributed by atoms with E-state index in [0.717, 1.165) is 41.2 Å². The van der Waals surface area contributed by atoms with Crippen LogP contribution >= 0.6 is 0 Å². The van der Waals surface area contributed by atoms with Crippen molar-refractivity contribution in [1.29, 1.82) is 5.26 Å². The molecule has 9 nitrogen and oxygen atoms in total. The fraction of sp³-hybridized carbons (Fsp3) is 0.385. The molecule has 0 bridgehead atoms. The highest BCUT2D eigenvalue weighted by molar-refractivity contribution is 5.97. The molecule has 0 saturated heterocycles. The Kier molecular flexibility index (Phi) is 7.32. The first-order chi connectivity index (χ1) is 16.9. The SMILES string of the molecule is CCOc1cc(CN2CCc3c(CN(C)C)cc(Cn4ccnc4NC)cc3C2=O)cnc1C#N. The van der Waals surface area contributed by atoms with Crippen LogP contribution in [0.15, 0.2) is 36.8 Å². The van der Waals surface area contributed by atoms with Gasteiger partial charge in [0.15, 0.2) is 11.4 Å². The summed E-state index contributed by atoms with van der Waals surface area (Å²) >= 11 is 0. The average Bonchev–Trinajstić information content (AvgIpc) is 3.28. The van der Waals surface area contributed by atoms with Gasteiger partial charge in [0, 0.05) is 50.8 Å². The minimum Gasteiger partial charge on any atom is -0.491 e. The molecule has 1 N–H and O–H groups in total. The monoisotopic (exact) mass is 473 g/mol. The fourth-order valence-electron chi connectivity index (χ4n) is 4.53. The number of fused-ring (bicyclic) bond motifs is 1. The number of rotatable bonds is 9. The topological polar surface area (TPSA) is 99.3 Å². The summed E-state index contributed by atoms with van der Waals surface area (Å²) in [6, 6.07) is 8.09. The Balaban J connectivity index is 1.64. The summed E-state index contributed by atoms with van der Waals surface area (Å²) in [4.78, 5) is 26.2. The Morgan fingerprint density at radius 1 is 1.20 bits per heavy atom. The fourth-order valence-corrected chi connectivity index (χ4v) is 4.53. The van der Waals surface area contributed by atoms with Gasteiger partial charge in [-0.25, -0.2) is 9.97 Å². The van der Waals surface area contributed by atoms with Crippen molar-refractivity contribution in [3.8, 4) is 11.8 Å². The first-order valence-corrected chi connectivity index (χ1v) is 11.7. The molecule has 9 heteroatoms. The van der Waals surface area contributed by atoms with Gasteiger partial charge in [-0.1, -0.05) is 6.07 Å². The molecule has 1 amide bonds. The first-order valence-electron chi connectivity index (χ1n) is 11.7. The number of aromatic nitrogens is 3. The van der Waals surface area contributed by atoms with Crippen molar-refractivity contribution in [3.63, 3.8) is 0 Å². The summed E-state index contributed by atoms with van der Waals surface area (Å²) in [5.41, 5.74) is 5.21. The minimum atomic E-state index is 0.00916. The van der Waals surface area contributed by atoms with E-state index in [1.54, 1.807) is 12.4 Å². The zero-order valence-electron chi connectivity index (χ0n) is 20.7. The molecule has 0 fully saturated rings. The molecule has 1 aromatic carbocycles. The van der Waals surface area contributed by atoms with E-state index in [9.17, 15) is 10.1 Å². The molecule has 0 unspecified atom stereocenters. The van der Waals surface area contributed by atoms with Crippen molar-refractivity contribution in [3.05, 3.63) is 70.3 Å². The molecule has 0 saturated carbocycles. The quantitative estimate of drug-likeness (QED) is 0.510. The Bertz CT molecular complexity index is 1260. The third-order valence-corrected chi connectivity index (χ3v) is 6.02. The number of benzene rings is 1. The predicted octanol–water partition coefficient (Wildman–Crippen LogP) is 2.90. The summed E-state index contributed by atoms with van der Waals surface area (Å²) < 4.78 is 7.60. The van der Waals surface area contributed by atoms with Gasteiger partial charge in [-0.2, -0.15) is 5.26 Å². The van der Waals surface area contributed by atoms with Gasteiger partial charge in [-0.15, -0.1) is 0 Å². The van der Waals surface area contributed by atoms with Crippen LogP contribution in [-0.2, 0) is 26.1 Å². The van der Waals surface area contributed by atoms with Crippen molar-refractivity contribution in [2.75, 3.05) is 39.6 Å². The number of pyridine rings is 1. The molecule has 2 aromatic heterocycles. The van der Waals surface area contributed by atoms with Crippen molar-refractivity contribution < 1.29 is 9.53 Å². The molecule has 0 aliphatic carbocycles. The lowest BCUT2D eigenvalue weighted by atomic mass is 9.91. The van der Waals surface area contributed by atoms with Gasteiger partial charge in [0.2, 0.25) is 5.95 Å². The molecular weight excluding hydrogens is 442 g/mol. The number of hydrogen-bond donors (Lipinski definition) is 1. The predicted molar refractivity (Wildman–Crippen MR) is 133 cm³/mol. The van der Waals surface area contributed by atoms with E-state index in [4.69, 9.17) is 4.74 Å². The van der Waals surface area contributed by atoms with Gasteiger partial charge in [0.1, 0.15) is 6.07 Å². The van der Waals surface area contributed by atoms with Crippen molar-refractivity contribution >= 4 is 11.9 Å². The molecule has 1 aliphatic heterocycles. The van der Waals surface area contributed by atoms with Crippen molar-refractivity contribution in [1.82, 2.24) is 24.3 Å². The molecule has 0 atom stereocenters. The van der Waals surface area contributed by atoms with Crippen LogP contribution in [-0.4, -0.2) is 64.5 Å². The summed E-state index contributed by atoms with van der Waals surface area (Å²) in [5, 5.41) is 12.4. The number of anilines is 1. The second-order valence-corrected chi connectivity index (χ2v) is 8.86. The third-order valence-electron chi connectivity index (χ3n) is 6.02. The lowest BCUT2D eigenvalue weighted by molar-refractivity contribution is 0.0725. The number of nitriles is 1. The van der Waals surface area contributed by atoms with Crippen LogP contribution in [0, 0.1) is 11.3 Å². The van der Waals surface area contributed by atoms with E-state index in [2.05, 4.69) is 32.3 Å². The smallest absolute Gasteiger partial charge is 0.254 e. The minimum absolute atomic E-state index is 0.00916. The lowest BCUT2D eigenvalue weighted by Crippen LogP contribution is -2.38. The van der Waals surface area contributed by atoms with Crippen LogP contribution in [0.1, 0.15) is 45.2 Å². The second-order valence-electron chi connectivity index (χ2n) is 8.86. The highest BCUT2D eigenvalue weighted by atomic mass is 16.5. The van der Waals surface area contributed by atoms with Gasteiger partial charge < -0.3 is 24.4 Å². The van der Waals surface area contributed by atoms with Gasteiger partial charge in [0.25, 0.3) is 5.91 Å². The maximum atomic E-state index is 13.6. The van der Waals surface area contributed by atoms with Crippen molar-refractivity contribution in [2.45, 2.75) is 33.0 Å². The van der Waals surface area contributed by atoms with Gasteiger partial charge in [-0.3, -0.25) is 4.79 Å². The third kappa shape index (κ3) is 5.28. The zero-order chi connectivity index (χ0) is 24.9. The van der Waals surface area contributed by atoms with Crippen LogP contribution in [0.4, 0.5) is 5.95 Å². The van der Waals surface area contributed by atoms with E-state index in [1.165, 1.54) is 5.56 Å². The number of carbonyl (C=O) groups is 1. The molecule has 3 heterocycles. The molecule has 3 aromatic rings. The molecular formula is C26H31N7O2. The van der Waals surface area contributed by atoms with Crippen LogP contribution in [0.2, 0.25) is 0 Å². The molecule has 4 rings (SSSR count). The van der Waals surface area contributed by atoms with E-state index < -0.39 is 0 Å². The largest absolute Gasteiger partial charge is 0.491 e. The highest BCUT2D eigenvalue weighted by Gasteiger charge is 2.27. The van der Waals surface area contributed by atoms with Crippen LogP contribution in [0.5, 0.6) is 5.75 Å². The summed E-state index contributed by atoms with van der Waals surface area (Å²) in [6.45, 7) is 4.74. The molecule has 0 spiro atoms. The summed E-state index contributed by atoms with van der Waals surface area (Å²) in [6.07, 6.45) is 6.13. The molecule has 182 valence electrons. The Morgan fingerprint density at radius 3 is 2.74 bits per heavy atom. The Hall–Kier alpha value is -3.90. The Morgan fingerprint density at radius 2 is 2.03 bits per heavy atom. The van der Waals surface area contributed by atoms with E-state index in [1.807, 2.05) is 55.9 Å². The number of ether oxygens (including phenoxy) is 1. The second kappa shape index (κ2) is 10.6. The van der Waals surface area contributed by atoms with Crippen LogP contribution in [0.25, 0.3) is 0 Å². The molecule has 1 aliphatic rings. The van der Waals surface area contributed by atoms with Crippen LogP contribution < -0.4 is 10.1 Å². The average molecular weight is 474 g/mol. The maximum Gasteiger partial charge on any atom is 0.254 e. The van der Waals surface area contributed by atoms with Gasteiger partial charge in [0.05, 0.1) is 13.2 Å². The Labute approximate surface area is 206 Å². The number of imidazole rings is 1. The maximum absolute atomic E-state index is 13.6. The van der Waals surface area contributed by atoms with E-state index in [0.29, 0.717) is 32.0 Å². The lowest BCUT2D eigenvalue weighted by Gasteiger charge is -2.31. The molecule has 35 heavy (non-hydrogen) atoms. The number of nitrogens with one attached hydrogen (secondary N) is 1. The highest BCUT2D eigenvalue weighted by Crippen LogP contribution is 2.28. The number of hydrogen-bond acceptors (Lipinski definition) is 7. The normalized spacial score (nSPS) is 13.0. The number of amides is 1. The van der Waals surface area contributed by atoms with Crippen molar-refractivity contribution in [2.24, 2.45) is 0 Å².